The van der Waals surface area contributed by atoms with Crippen molar-refractivity contribution in [2.45, 2.75) is 82.2 Å². The third-order valence-corrected chi connectivity index (χ3v) is 9.33. The van der Waals surface area contributed by atoms with E-state index in [2.05, 4.69) is 61.1 Å². The molecule has 1 aromatic heterocycles. The van der Waals surface area contributed by atoms with Crippen LogP contribution >= 0.6 is 23.3 Å². The summed E-state index contributed by atoms with van der Waals surface area (Å²) in [4.78, 5) is 22.1. The summed E-state index contributed by atoms with van der Waals surface area (Å²) in [5.74, 6) is 0.606. The Balaban J connectivity index is 1.35. The molecule has 0 bridgehead atoms. The maximum atomic E-state index is 13.1. The monoisotopic (exact) mass is 520 g/mol. The number of carbonyl (C=O) groups excluding carboxylic acids is 1. The summed E-state index contributed by atoms with van der Waals surface area (Å²) in [6.07, 6.45) is 9.42. The molecule has 5 nitrogen and oxygen atoms in total. The molecular formula is C29H36N4OS2. The molecule has 2 heterocycles. The predicted octanol–water partition coefficient (Wildman–Crippen LogP) is 7.84. The molecule has 0 atom stereocenters. The van der Waals surface area contributed by atoms with Crippen molar-refractivity contribution in [2.24, 2.45) is 0 Å². The van der Waals surface area contributed by atoms with Gasteiger partial charge in [0.1, 0.15) is 0 Å². The number of benzene rings is 2. The van der Waals surface area contributed by atoms with E-state index in [1.807, 2.05) is 34.6 Å². The maximum Gasteiger partial charge on any atom is 0.322 e. The average molecular weight is 521 g/mol. The SMILES string of the molecule is CC(C)(C)NSc1cc(NC(=O)N2CCc3ccccc3C2)ccc1-c1cnc(C2CCCCC2)s1. The lowest BCUT2D eigenvalue weighted by molar-refractivity contribution is 0.206. The van der Waals surface area contributed by atoms with Gasteiger partial charge in [-0.3, -0.25) is 4.72 Å². The molecule has 1 saturated carbocycles. The molecule has 2 N–H and O–H groups in total. The van der Waals surface area contributed by atoms with E-state index in [9.17, 15) is 4.79 Å². The normalized spacial score (nSPS) is 16.6. The van der Waals surface area contributed by atoms with Crippen molar-refractivity contribution in [1.82, 2.24) is 14.6 Å². The highest BCUT2D eigenvalue weighted by Gasteiger charge is 2.23. The number of aromatic nitrogens is 1. The minimum atomic E-state index is -0.0469. The van der Waals surface area contributed by atoms with E-state index in [4.69, 9.17) is 4.98 Å². The molecule has 1 aliphatic heterocycles. The second-order valence-electron chi connectivity index (χ2n) is 10.9. The van der Waals surface area contributed by atoms with Crippen molar-refractivity contribution in [2.75, 3.05) is 11.9 Å². The Morgan fingerprint density at radius 2 is 1.86 bits per heavy atom. The number of hydrogen-bond donors (Lipinski definition) is 2. The first-order valence-electron chi connectivity index (χ1n) is 13.0. The smallest absolute Gasteiger partial charge is 0.320 e. The van der Waals surface area contributed by atoms with Crippen molar-refractivity contribution >= 4 is 35.0 Å². The second-order valence-corrected chi connectivity index (χ2v) is 12.8. The number of rotatable bonds is 5. The molecule has 0 radical (unpaired) electrons. The molecule has 0 spiro atoms. The number of urea groups is 1. The van der Waals surface area contributed by atoms with Crippen LogP contribution in [0.3, 0.4) is 0 Å². The van der Waals surface area contributed by atoms with Crippen LogP contribution in [0.15, 0.2) is 53.6 Å². The number of fused-ring (bicyclic) bond motifs is 1. The third kappa shape index (κ3) is 6.13. The zero-order valence-electron chi connectivity index (χ0n) is 21.5. The lowest BCUT2D eigenvalue weighted by Crippen LogP contribution is -2.38. The minimum absolute atomic E-state index is 0.0384. The van der Waals surface area contributed by atoms with Crippen LogP contribution in [0.2, 0.25) is 0 Å². The Bertz CT molecular complexity index is 1210. The van der Waals surface area contributed by atoms with Gasteiger partial charge in [0.25, 0.3) is 0 Å². The molecule has 0 saturated heterocycles. The highest BCUT2D eigenvalue weighted by Crippen LogP contribution is 2.40. The fourth-order valence-corrected chi connectivity index (χ4v) is 7.00. The Morgan fingerprint density at radius 3 is 2.64 bits per heavy atom. The van der Waals surface area contributed by atoms with Crippen LogP contribution in [0.4, 0.5) is 10.5 Å². The van der Waals surface area contributed by atoms with Gasteiger partial charge in [0.05, 0.1) is 9.88 Å². The van der Waals surface area contributed by atoms with Gasteiger partial charge in [-0.2, -0.15) is 0 Å². The summed E-state index contributed by atoms with van der Waals surface area (Å²) in [6.45, 7) is 7.87. The van der Waals surface area contributed by atoms with Crippen molar-refractivity contribution in [3.05, 3.63) is 64.8 Å². The van der Waals surface area contributed by atoms with Crippen LogP contribution in [-0.4, -0.2) is 28.0 Å². The van der Waals surface area contributed by atoms with Crippen molar-refractivity contribution in [1.29, 1.82) is 0 Å². The summed E-state index contributed by atoms with van der Waals surface area (Å²) in [5, 5.41) is 4.42. The number of hydrogen-bond acceptors (Lipinski definition) is 5. The van der Waals surface area contributed by atoms with Gasteiger partial charge in [0.2, 0.25) is 0 Å². The fourth-order valence-electron chi connectivity index (χ4n) is 4.92. The molecule has 1 aliphatic carbocycles. The van der Waals surface area contributed by atoms with E-state index >= 15 is 0 Å². The molecule has 190 valence electrons. The Labute approximate surface area is 223 Å². The van der Waals surface area contributed by atoms with Gasteiger partial charge in [-0.05, 0) is 75.2 Å². The summed E-state index contributed by atoms with van der Waals surface area (Å²) < 4.78 is 3.55. The van der Waals surface area contributed by atoms with Crippen LogP contribution in [0.25, 0.3) is 10.4 Å². The largest absolute Gasteiger partial charge is 0.322 e. The van der Waals surface area contributed by atoms with Crippen LogP contribution in [0, 0.1) is 0 Å². The molecule has 1 fully saturated rings. The second kappa shape index (κ2) is 11.0. The van der Waals surface area contributed by atoms with E-state index < -0.39 is 0 Å². The lowest BCUT2D eigenvalue weighted by Gasteiger charge is -2.29. The predicted molar refractivity (Wildman–Crippen MR) is 152 cm³/mol. The molecule has 7 heteroatoms. The number of nitrogens with one attached hydrogen (secondary N) is 2. The molecule has 36 heavy (non-hydrogen) atoms. The molecule has 3 aromatic rings. The molecule has 2 amide bonds. The van der Waals surface area contributed by atoms with E-state index in [1.54, 1.807) is 11.9 Å². The first-order valence-corrected chi connectivity index (χ1v) is 14.7. The van der Waals surface area contributed by atoms with Crippen LogP contribution in [-0.2, 0) is 13.0 Å². The highest BCUT2D eigenvalue weighted by molar-refractivity contribution is 7.97. The number of anilines is 1. The topological polar surface area (TPSA) is 57.3 Å². The summed E-state index contributed by atoms with van der Waals surface area (Å²) in [7, 11) is 0. The molecular weight excluding hydrogens is 484 g/mol. The number of amides is 2. The van der Waals surface area contributed by atoms with Crippen molar-refractivity contribution in [3.63, 3.8) is 0 Å². The van der Waals surface area contributed by atoms with Gasteiger partial charge >= 0.3 is 6.03 Å². The number of thiazole rings is 1. The first kappa shape index (κ1) is 25.3. The summed E-state index contributed by atoms with van der Waals surface area (Å²) in [6, 6.07) is 14.6. The van der Waals surface area contributed by atoms with Crippen molar-refractivity contribution < 1.29 is 4.79 Å². The van der Waals surface area contributed by atoms with Gasteiger partial charge in [-0.25, -0.2) is 9.78 Å². The standard InChI is InChI=1S/C29H36N4OS2/c1-29(2,3)32-36-25-17-23(31-28(34)33-16-15-20-9-7-8-12-22(20)19-33)13-14-24(25)26-18-30-27(35-26)21-10-5-4-6-11-21/h7-9,12-14,17-18,21,32H,4-6,10-11,15-16,19H2,1-3H3,(H,31,34). The minimum Gasteiger partial charge on any atom is -0.320 e. The van der Waals surface area contributed by atoms with Gasteiger partial charge in [-0.1, -0.05) is 49.6 Å². The lowest BCUT2D eigenvalue weighted by atomic mass is 9.90. The fraction of sp³-hybridized carbons (Fsp3) is 0.448. The summed E-state index contributed by atoms with van der Waals surface area (Å²) in [5.41, 5.74) is 4.52. The zero-order valence-corrected chi connectivity index (χ0v) is 23.1. The highest BCUT2D eigenvalue weighted by atomic mass is 32.2. The molecule has 5 rings (SSSR count). The van der Waals surface area contributed by atoms with Gasteiger partial charge in [0, 0.05) is 46.9 Å². The summed E-state index contributed by atoms with van der Waals surface area (Å²) >= 11 is 3.45. The van der Waals surface area contributed by atoms with E-state index in [-0.39, 0.29) is 11.6 Å². The van der Waals surface area contributed by atoms with Gasteiger partial charge in [-0.15, -0.1) is 11.3 Å². The first-order chi connectivity index (χ1) is 17.4. The Hall–Kier alpha value is -2.35. The Morgan fingerprint density at radius 1 is 1.08 bits per heavy atom. The van der Waals surface area contributed by atoms with Crippen LogP contribution < -0.4 is 10.0 Å². The number of nitrogens with zero attached hydrogens (tertiary/aromatic N) is 2. The average Bonchev–Trinajstić information content (AvgIpc) is 3.37. The quantitative estimate of drug-likeness (QED) is 0.336. The van der Waals surface area contributed by atoms with Crippen molar-refractivity contribution in [3.8, 4) is 10.4 Å². The van der Waals surface area contributed by atoms with Crippen LogP contribution in [0.5, 0.6) is 0 Å². The third-order valence-electron chi connectivity index (χ3n) is 6.86. The van der Waals surface area contributed by atoms with E-state index in [1.165, 1.54) is 58.7 Å². The zero-order chi connectivity index (χ0) is 25.1. The molecule has 2 aromatic carbocycles. The maximum absolute atomic E-state index is 13.1. The van der Waals surface area contributed by atoms with E-state index in [0.717, 1.165) is 23.5 Å². The molecule has 0 unspecified atom stereocenters. The molecule has 2 aliphatic rings. The number of carbonyl (C=O) groups is 1. The van der Waals surface area contributed by atoms with Crippen LogP contribution in [0.1, 0.15) is 74.9 Å². The van der Waals surface area contributed by atoms with Gasteiger partial charge in [0.15, 0.2) is 0 Å². The van der Waals surface area contributed by atoms with E-state index in [0.29, 0.717) is 12.5 Å². The Kier molecular flexibility index (Phi) is 7.70. The van der Waals surface area contributed by atoms with Gasteiger partial charge < -0.3 is 10.2 Å².